The second-order valence-electron chi connectivity index (χ2n) is 7.60. The van der Waals surface area contributed by atoms with Gasteiger partial charge in [0.15, 0.2) is 0 Å². The van der Waals surface area contributed by atoms with E-state index in [1.807, 2.05) is 24.3 Å². The van der Waals surface area contributed by atoms with Crippen molar-refractivity contribution in [1.82, 2.24) is 0 Å². The molecule has 6 nitrogen and oxygen atoms in total. The number of hydrogen-bond donors (Lipinski definition) is 3. The minimum absolute atomic E-state index is 0.0355. The number of aryl methyl sites for hydroxylation is 1. The molecule has 31 heavy (non-hydrogen) atoms. The number of carbonyl (C=O) groups excluding carboxylic acids is 1. The Bertz CT molecular complexity index is 739. The van der Waals surface area contributed by atoms with Crippen LogP contribution in [0.2, 0.25) is 0 Å². The van der Waals surface area contributed by atoms with Crippen molar-refractivity contribution in [3.8, 4) is 0 Å². The molecular formula is C23H32O6S2. The van der Waals surface area contributed by atoms with Gasteiger partial charge in [-0.05, 0) is 41.9 Å². The number of ether oxygens (including phenoxy) is 1. The number of rotatable bonds is 14. The van der Waals surface area contributed by atoms with Crippen molar-refractivity contribution in [1.29, 1.82) is 0 Å². The van der Waals surface area contributed by atoms with Crippen LogP contribution in [0.4, 0.5) is 0 Å². The van der Waals surface area contributed by atoms with E-state index in [1.54, 1.807) is 19.3 Å². The number of aliphatic hydroxyl groups is 2. The van der Waals surface area contributed by atoms with Gasteiger partial charge in [-0.1, -0.05) is 36.4 Å². The SMILES string of the molecule is COCc1ccccc1CC[C@H](O)/C=C/[C@H]1[C@H](O)CC(=O)[C@@H]1SCCCSCC(=O)O. The quantitative estimate of drug-likeness (QED) is 0.283. The van der Waals surface area contributed by atoms with Gasteiger partial charge in [-0.3, -0.25) is 9.59 Å². The summed E-state index contributed by atoms with van der Waals surface area (Å²) in [6, 6.07) is 7.99. The Kier molecular flexibility index (Phi) is 11.7. The average Bonchev–Trinajstić information content (AvgIpc) is 3.00. The first-order chi connectivity index (χ1) is 14.9. The zero-order valence-corrected chi connectivity index (χ0v) is 19.4. The number of Topliss-reactive ketones (excluding diaryl/α,β-unsaturated/α-hetero) is 1. The summed E-state index contributed by atoms with van der Waals surface area (Å²) >= 11 is 2.88. The topological polar surface area (TPSA) is 104 Å². The van der Waals surface area contributed by atoms with E-state index in [4.69, 9.17) is 9.84 Å². The Hall–Kier alpha value is -1.32. The molecule has 1 aromatic rings. The molecule has 0 radical (unpaired) electrons. The number of aliphatic carboxylic acids is 1. The van der Waals surface area contributed by atoms with Gasteiger partial charge in [-0.15, -0.1) is 11.8 Å². The lowest BCUT2D eigenvalue weighted by Gasteiger charge is -2.18. The summed E-state index contributed by atoms with van der Waals surface area (Å²) < 4.78 is 5.22. The highest BCUT2D eigenvalue weighted by atomic mass is 32.2. The van der Waals surface area contributed by atoms with Crippen molar-refractivity contribution >= 4 is 35.3 Å². The predicted octanol–water partition coefficient (Wildman–Crippen LogP) is 2.94. The molecule has 4 atom stereocenters. The Labute approximate surface area is 192 Å². The molecule has 0 heterocycles. The van der Waals surface area contributed by atoms with Gasteiger partial charge in [0.1, 0.15) is 5.78 Å². The van der Waals surface area contributed by atoms with E-state index in [-0.39, 0.29) is 29.1 Å². The second kappa shape index (κ2) is 14.0. The molecule has 0 amide bonds. The summed E-state index contributed by atoms with van der Waals surface area (Å²) in [5.74, 6) is 0.460. The highest BCUT2D eigenvalue weighted by Gasteiger charge is 2.40. The number of thioether (sulfide) groups is 2. The third-order valence-electron chi connectivity index (χ3n) is 5.16. The lowest BCUT2D eigenvalue weighted by Crippen LogP contribution is -2.22. The Morgan fingerprint density at radius 3 is 2.74 bits per heavy atom. The summed E-state index contributed by atoms with van der Waals surface area (Å²) in [5, 5.41) is 29.0. The van der Waals surface area contributed by atoms with Gasteiger partial charge < -0.3 is 20.1 Å². The van der Waals surface area contributed by atoms with Crippen molar-refractivity contribution in [2.24, 2.45) is 5.92 Å². The van der Waals surface area contributed by atoms with E-state index < -0.39 is 18.2 Å². The first-order valence-electron chi connectivity index (χ1n) is 10.5. The fraction of sp³-hybridized carbons (Fsp3) is 0.565. The number of aliphatic hydroxyl groups excluding tert-OH is 2. The van der Waals surface area contributed by atoms with Crippen molar-refractivity contribution in [2.75, 3.05) is 24.4 Å². The van der Waals surface area contributed by atoms with Gasteiger partial charge in [-0.25, -0.2) is 0 Å². The molecule has 0 aromatic heterocycles. The maximum Gasteiger partial charge on any atom is 0.313 e. The molecule has 1 saturated carbocycles. The van der Waals surface area contributed by atoms with Crippen LogP contribution >= 0.6 is 23.5 Å². The summed E-state index contributed by atoms with van der Waals surface area (Å²) in [6.07, 6.45) is 4.31. The molecule has 1 aromatic carbocycles. The largest absolute Gasteiger partial charge is 0.481 e. The Morgan fingerprint density at radius 1 is 1.29 bits per heavy atom. The minimum atomic E-state index is -0.822. The van der Waals surface area contributed by atoms with Crippen molar-refractivity contribution < 1.29 is 29.6 Å². The van der Waals surface area contributed by atoms with Gasteiger partial charge in [0.05, 0.1) is 29.8 Å². The number of carboxylic acids is 1. The molecule has 0 bridgehead atoms. The number of carboxylic acid groups (broad SMARTS) is 1. The molecule has 0 saturated heterocycles. The minimum Gasteiger partial charge on any atom is -0.481 e. The summed E-state index contributed by atoms with van der Waals surface area (Å²) in [4.78, 5) is 22.8. The van der Waals surface area contributed by atoms with Gasteiger partial charge in [-0.2, -0.15) is 11.8 Å². The number of methoxy groups -OCH3 is 1. The third-order valence-corrected chi connectivity index (χ3v) is 7.65. The zero-order valence-electron chi connectivity index (χ0n) is 17.8. The fourth-order valence-corrected chi connectivity index (χ4v) is 5.78. The van der Waals surface area contributed by atoms with Crippen LogP contribution in [0.5, 0.6) is 0 Å². The number of ketones is 1. The first-order valence-corrected chi connectivity index (χ1v) is 12.7. The van der Waals surface area contributed by atoms with Crippen LogP contribution in [0.3, 0.4) is 0 Å². The first kappa shape index (κ1) is 25.9. The van der Waals surface area contributed by atoms with Crippen LogP contribution in [0, 0.1) is 5.92 Å². The maximum absolute atomic E-state index is 12.3. The lowest BCUT2D eigenvalue weighted by atomic mass is 9.99. The van der Waals surface area contributed by atoms with Crippen molar-refractivity contribution in [3.63, 3.8) is 0 Å². The number of benzene rings is 1. The molecular weight excluding hydrogens is 436 g/mol. The smallest absolute Gasteiger partial charge is 0.313 e. The molecule has 8 heteroatoms. The van der Waals surface area contributed by atoms with E-state index in [9.17, 15) is 19.8 Å². The molecule has 1 aliphatic rings. The fourth-order valence-electron chi connectivity index (χ4n) is 3.59. The molecule has 1 fully saturated rings. The van der Waals surface area contributed by atoms with Crippen molar-refractivity contribution in [2.45, 2.75) is 49.7 Å². The zero-order chi connectivity index (χ0) is 22.6. The van der Waals surface area contributed by atoms with Crippen LogP contribution in [-0.4, -0.2) is 68.9 Å². The molecule has 172 valence electrons. The third kappa shape index (κ3) is 8.98. The molecule has 2 rings (SSSR count). The Balaban J connectivity index is 1.82. The normalized spacial score (nSPS) is 22.3. The van der Waals surface area contributed by atoms with Gasteiger partial charge in [0.2, 0.25) is 0 Å². The number of hydrogen-bond acceptors (Lipinski definition) is 7. The van der Waals surface area contributed by atoms with E-state index in [2.05, 4.69) is 0 Å². The average molecular weight is 469 g/mol. The van der Waals surface area contributed by atoms with Crippen LogP contribution in [0.25, 0.3) is 0 Å². The predicted molar refractivity (Wildman–Crippen MR) is 126 cm³/mol. The van der Waals surface area contributed by atoms with E-state index in [1.165, 1.54) is 23.5 Å². The van der Waals surface area contributed by atoms with Crippen LogP contribution < -0.4 is 0 Å². The lowest BCUT2D eigenvalue weighted by molar-refractivity contribution is -0.133. The van der Waals surface area contributed by atoms with E-state index >= 15 is 0 Å². The van der Waals surface area contributed by atoms with Crippen molar-refractivity contribution in [3.05, 3.63) is 47.5 Å². The molecule has 0 spiro atoms. The standard InChI is InChI=1S/C23H32O6S2/c1-29-14-17-6-3-2-5-16(17)7-8-18(24)9-10-19-20(25)13-21(26)23(19)31-12-4-11-30-15-22(27)28/h2-3,5-6,9-10,18-20,23-25H,4,7-8,11-15H2,1H3,(H,27,28)/b10-9+/t18-,19-,20+,23+/m0/s1. The van der Waals surface area contributed by atoms with Gasteiger partial charge >= 0.3 is 5.97 Å². The number of carbonyl (C=O) groups is 2. The monoisotopic (exact) mass is 468 g/mol. The van der Waals surface area contributed by atoms with Crippen LogP contribution in [0.15, 0.2) is 36.4 Å². The van der Waals surface area contributed by atoms with E-state index in [0.29, 0.717) is 19.4 Å². The molecule has 3 N–H and O–H groups in total. The molecule has 0 unspecified atom stereocenters. The summed E-state index contributed by atoms with van der Waals surface area (Å²) in [6.45, 7) is 0.534. The van der Waals surface area contributed by atoms with Gasteiger partial charge in [0.25, 0.3) is 0 Å². The maximum atomic E-state index is 12.3. The Morgan fingerprint density at radius 2 is 2.03 bits per heavy atom. The van der Waals surface area contributed by atoms with Gasteiger partial charge in [0, 0.05) is 19.4 Å². The summed E-state index contributed by atoms with van der Waals surface area (Å²) in [7, 11) is 1.66. The summed E-state index contributed by atoms with van der Waals surface area (Å²) in [5.41, 5.74) is 2.25. The molecule has 1 aliphatic carbocycles. The van der Waals surface area contributed by atoms with E-state index in [0.717, 1.165) is 29.1 Å². The highest BCUT2D eigenvalue weighted by Crippen LogP contribution is 2.34. The van der Waals surface area contributed by atoms with Crippen LogP contribution in [-0.2, 0) is 27.4 Å². The van der Waals surface area contributed by atoms with Crippen LogP contribution in [0.1, 0.15) is 30.4 Å². The second-order valence-corrected chi connectivity index (χ2v) is 9.95. The highest BCUT2D eigenvalue weighted by molar-refractivity contribution is 8.01. The molecule has 0 aliphatic heterocycles.